The Hall–Kier alpha value is -1.43. The summed E-state index contributed by atoms with van der Waals surface area (Å²) in [5.41, 5.74) is 5.22. The minimum absolute atomic E-state index is 0.150. The van der Waals surface area contributed by atoms with Gasteiger partial charge in [-0.25, -0.2) is 14.3 Å². The lowest BCUT2D eigenvalue weighted by Gasteiger charge is -2.18. The number of ether oxygens (including phenoxy) is 1. The van der Waals surface area contributed by atoms with Crippen LogP contribution in [0.1, 0.15) is 26.5 Å². The minimum Gasteiger partial charge on any atom is -0.443 e. The molecule has 15 heavy (non-hydrogen) atoms. The van der Waals surface area contributed by atoms with Gasteiger partial charge in [-0.3, -0.25) is 0 Å². The average Bonchev–Trinajstić information content (AvgIpc) is 2.47. The number of hydrogen-bond acceptors (Lipinski definition) is 4. The Morgan fingerprint density at radius 3 is 2.60 bits per heavy atom. The fourth-order valence-corrected chi connectivity index (χ4v) is 0.970. The second-order valence-electron chi connectivity index (χ2n) is 4.01. The Morgan fingerprint density at radius 2 is 2.20 bits per heavy atom. The largest absolute Gasteiger partial charge is 0.443 e. The molecule has 1 rings (SSSR count). The van der Waals surface area contributed by atoms with E-state index >= 15 is 0 Å². The van der Waals surface area contributed by atoms with Crippen molar-refractivity contribution >= 4 is 23.3 Å². The summed E-state index contributed by atoms with van der Waals surface area (Å²) >= 11 is 4.72. The Morgan fingerprint density at radius 1 is 1.60 bits per heavy atom. The molecule has 0 saturated heterocycles. The number of rotatable bonds is 1. The summed E-state index contributed by atoms with van der Waals surface area (Å²) in [5, 5.41) is 0. The van der Waals surface area contributed by atoms with E-state index in [4.69, 9.17) is 22.7 Å². The summed E-state index contributed by atoms with van der Waals surface area (Å²) in [7, 11) is 0. The van der Waals surface area contributed by atoms with Gasteiger partial charge in [-0.15, -0.1) is 0 Å². The van der Waals surface area contributed by atoms with Gasteiger partial charge < -0.3 is 10.5 Å². The van der Waals surface area contributed by atoms with Crippen molar-refractivity contribution in [3.8, 4) is 0 Å². The smallest absolute Gasteiger partial charge is 0.419 e. The van der Waals surface area contributed by atoms with Crippen molar-refractivity contribution < 1.29 is 9.53 Å². The van der Waals surface area contributed by atoms with E-state index < -0.39 is 11.7 Å². The molecular weight excluding hydrogens is 214 g/mol. The quantitative estimate of drug-likeness (QED) is 0.732. The molecule has 0 fully saturated rings. The third-order valence-corrected chi connectivity index (χ3v) is 1.65. The summed E-state index contributed by atoms with van der Waals surface area (Å²) in [6.45, 7) is 5.36. The summed E-state index contributed by atoms with van der Waals surface area (Å²) in [6.07, 6.45) is 2.26. The third kappa shape index (κ3) is 3.32. The zero-order valence-electron chi connectivity index (χ0n) is 8.85. The van der Waals surface area contributed by atoms with Gasteiger partial charge in [-0.05, 0) is 20.8 Å². The van der Waals surface area contributed by atoms with Crippen molar-refractivity contribution in [3.05, 3.63) is 18.2 Å². The van der Waals surface area contributed by atoms with E-state index in [0.717, 1.165) is 0 Å². The van der Waals surface area contributed by atoms with Crippen molar-refractivity contribution in [1.82, 2.24) is 9.55 Å². The lowest BCUT2D eigenvalue weighted by Crippen LogP contribution is -2.26. The molecule has 82 valence electrons. The van der Waals surface area contributed by atoms with Crippen LogP contribution in [-0.4, -0.2) is 26.2 Å². The molecule has 2 N–H and O–H groups in total. The molecular formula is C9H13N3O2S. The predicted octanol–water partition coefficient (Wildman–Crippen LogP) is 1.30. The number of aromatic nitrogens is 2. The van der Waals surface area contributed by atoms with E-state index in [1.165, 1.54) is 17.1 Å². The van der Waals surface area contributed by atoms with Gasteiger partial charge in [0.1, 0.15) is 22.6 Å². The SMILES string of the molecule is CC(C)(C)OC(=O)n1cnc(C(N)=S)c1. The van der Waals surface area contributed by atoms with Crippen LogP contribution in [-0.2, 0) is 4.74 Å². The number of hydrogen-bond donors (Lipinski definition) is 1. The molecule has 0 aliphatic rings. The molecule has 0 atom stereocenters. The van der Waals surface area contributed by atoms with Crippen molar-refractivity contribution in [3.63, 3.8) is 0 Å². The third-order valence-electron chi connectivity index (χ3n) is 1.44. The van der Waals surface area contributed by atoms with Gasteiger partial charge in [0, 0.05) is 6.20 Å². The molecule has 1 aromatic heterocycles. The molecule has 1 aromatic rings. The zero-order chi connectivity index (χ0) is 11.6. The van der Waals surface area contributed by atoms with E-state index in [-0.39, 0.29) is 4.99 Å². The van der Waals surface area contributed by atoms with Crippen molar-refractivity contribution in [2.45, 2.75) is 26.4 Å². The first kappa shape index (κ1) is 11.6. The van der Waals surface area contributed by atoms with Crippen LogP contribution in [0.2, 0.25) is 0 Å². The summed E-state index contributed by atoms with van der Waals surface area (Å²) < 4.78 is 6.32. The Bertz CT molecular complexity index is 392. The molecule has 0 saturated carbocycles. The van der Waals surface area contributed by atoms with Gasteiger partial charge in [0.25, 0.3) is 0 Å². The maximum absolute atomic E-state index is 11.5. The minimum atomic E-state index is -0.537. The molecule has 0 radical (unpaired) electrons. The fourth-order valence-electron chi connectivity index (χ4n) is 0.865. The van der Waals surface area contributed by atoms with Gasteiger partial charge in [-0.2, -0.15) is 0 Å². The van der Waals surface area contributed by atoms with E-state index in [1.54, 1.807) is 20.8 Å². The van der Waals surface area contributed by atoms with Crippen LogP contribution >= 0.6 is 12.2 Å². The van der Waals surface area contributed by atoms with Crippen LogP contribution in [0.5, 0.6) is 0 Å². The highest BCUT2D eigenvalue weighted by Crippen LogP contribution is 2.09. The Labute approximate surface area is 93.2 Å². The maximum atomic E-state index is 11.5. The van der Waals surface area contributed by atoms with Crippen LogP contribution in [0.3, 0.4) is 0 Å². The van der Waals surface area contributed by atoms with E-state index in [0.29, 0.717) is 5.69 Å². The highest BCUT2D eigenvalue weighted by Gasteiger charge is 2.18. The highest BCUT2D eigenvalue weighted by molar-refractivity contribution is 7.80. The molecule has 0 aromatic carbocycles. The lowest BCUT2D eigenvalue weighted by molar-refractivity contribution is 0.0536. The second-order valence-corrected chi connectivity index (χ2v) is 4.45. The van der Waals surface area contributed by atoms with Crippen LogP contribution in [0.15, 0.2) is 12.5 Å². The predicted molar refractivity (Wildman–Crippen MR) is 59.7 cm³/mol. The first-order valence-corrected chi connectivity index (χ1v) is 4.77. The molecule has 0 aliphatic heterocycles. The Balaban J connectivity index is 2.79. The number of thiocarbonyl (C=S) groups is 1. The van der Waals surface area contributed by atoms with Gasteiger partial charge >= 0.3 is 6.09 Å². The number of imidazole rings is 1. The molecule has 0 amide bonds. The Kier molecular flexibility index (Phi) is 3.09. The summed E-state index contributed by atoms with van der Waals surface area (Å²) in [5.74, 6) is 0. The van der Waals surface area contributed by atoms with Crippen LogP contribution in [0, 0.1) is 0 Å². The molecule has 6 heteroatoms. The molecule has 0 unspecified atom stereocenters. The molecule has 0 spiro atoms. The van der Waals surface area contributed by atoms with Crippen molar-refractivity contribution in [2.75, 3.05) is 0 Å². The monoisotopic (exact) mass is 227 g/mol. The zero-order valence-corrected chi connectivity index (χ0v) is 9.67. The maximum Gasteiger partial charge on any atom is 0.419 e. The molecule has 0 bridgehead atoms. The standard InChI is InChI=1S/C9H13N3O2S/c1-9(2,3)14-8(13)12-4-6(7(10)15)11-5-12/h4-5H,1-3H3,(H2,10,15). The van der Waals surface area contributed by atoms with Gasteiger partial charge in [0.15, 0.2) is 0 Å². The number of carbonyl (C=O) groups is 1. The van der Waals surface area contributed by atoms with E-state index in [1.807, 2.05) is 0 Å². The number of nitrogens with zero attached hydrogens (tertiary/aromatic N) is 2. The fraction of sp³-hybridized carbons (Fsp3) is 0.444. The first-order valence-electron chi connectivity index (χ1n) is 4.37. The normalized spacial score (nSPS) is 11.1. The number of nitrogens with two attached hydrogens (primary N) is 1. The summed E-state index contributed by atoms with van der Waals surface area (Å²) in [4.78, 5) is 15.5. The van der Waals surface area contributed by atoms with Gasteiger partial charge in [-0.1, -0.05) is 12.2 Å². The topological polar surface area (TPSA) is 70.1 Å². The van der Waals surface area contributed by atoms with E-state index in [9.17, 15) is 4.79 Å². The van der Waals surface area contributed by atoms with Gasteiger partial charge in [0.05, 0.1) is 0 Å². The number of carbonyl (C=O) groups excluding carboxylic acids is 1. The lowest BCUT2D eigenvalue weighted by atomic mass is 10.2. The average molecular weight is 227 g/mol. The molecule has 0 aliphatic carbocycles. The summed E-state index contributed by atoms with van der Waals surface area (Å²) in [6, 6.07) is 0. The second kappa shape index (κ2) is 3.98. The molecule has 5 nitrogen and oxygen atoms in total. The van der Waals surface area contributed by atoms with Crippen molar-refractivity contribution in [2.24, 2.45) is 5.73 Å². The first-order chi connectivity index (χ1) is 6.79. The van der Waals surface area contributed by atoms with Crippen molar-refractivity contribution in [1.29, 1.82) is 0 Å². The van der Waals surface area contributed by atoms with Crippen LogP contribution in [0.4, 0.5) is 4.79 Å². The van der Waals surface area contributed by atoms with Crippen LogP contribution < -0.4 is 5.73 Å². The van der Waals surface area contributed by atoms with E-state index in [2.05, 4.69) is 4.98 Å². The molecule has 1 heterocycles. The highest BCUT2D eigenvalue weighted by atomic mass is 32.1. The van der Waals surface area contributed by atoms with Crippen LogP contribution in [0.25, 0.3) is 0 Å². The van der Waals surface area contributed by atoms with Gasteiger partial charge in [0.2, 0.25) is 0 Å².